The van der Waals surface area contributed by atoms with Gasteiger partial charge in [0.25, 0.3) is 0 Å². The Labute approximate surface area is 130 Å². The first kappa shape index (κ1) is 15.8. The van der Waals surface area contributed by atoms with Crippen LogP contribution in [0.4, 0.5) is 10.1 Å². The Morgan fingerprint density at radius 3 is 2.62 bits per heavy atom. The number of nitrogens with zero attached hydrogens (tertiary/aromatic N) is 1. The van der Waals surface area contributed by atoms with E-state index < -0.39 is 0 Å². The zero-order chi connectivity index (χ0) is 15.2. The second kappa shape index (κ2) is 7.43. The Bertz CT molecular complexity index is 589. The van der Waals surface area contributed by atoms with Crippen LogP contribution in [0.15, 0.2) is 48.5 Å². The topological polar surface area (TPSA) is 29.3 Å². The van der Waals surface area contributed by atoms with Crippen LogP contribution >= 0.6 is 11.6 Å². The van der Waals surface area contributed by atoms with Crippen molar-refractivity contribution >= 4 is 17.3 Å². The Balaban J connectivity index is 2.02. The van der Waals surface area contributed by atoms with Crippen molar-refractivity contribution in [1.82, 2.24) is 0 Å². The molecule has 0 amide bonds. The van der Waals surface area contributed by atoms with Crippen molar-refractivity contribution in [2.24, 2.45) is 5.73 Å². The third-order valence-electron chi connectivity index (χ3n) is 3.56. The summed E-state index contributed by atoms with van der Waals surface area (Å²) >= 11 is 5.98. The van der Waals surface area contributed by atoms with Gasteiger partial charge in [-0.05, 0) is 43.2 Å². The number of hydrogen-bond donors (Lipinski definition) is 1. The minimum Gasteiger partial charge on any atom is -0.369 e. The molecule has 2 nitrogen and oxygen atoms in total. The standard InChI is InChI=1S/C17H20ClFN2/c1-2-21(17-9-4-3-8-15(17)19)11-10-16(20)13-6-5-7-14(18)12-13/h3-9,12,16H,2,10-11,20H2,1H3. The van der Waals surface area contributed by atoms with E-state index in [1.807, 2.05) is 42.2 Å². The first-order chi connectivity index (χ1) is 10.1. The molecule has 1 unspecified atom stereocenters. The van der Waals surface area contributed by atoms with Crippen LogP contribution in [0.2, 0.25) is 5.02 Å². The molecule has 0 spiro atoms. The molecule has 2 aromatic carbocycles. The van der Waals surface area contributed by atoms with Gasteiger partial charge in [0.1, 0.15) is 5.82 Å². The second-order valence-electron chi connectivity index (χ2n) is 4.98. The summed E-state index contributed by atoms with van der Waals surface area (Å²) in [6, 6.07) is 14.3. The van der Waals surface area contributed by atoms with Gasteiger partial charge in [0.2, 0.25) is 0 Å². The third-order valence-corrected chi connectivity index (χ3v) is 3.80. The average molecular weight is 307 g/mol. The van der Waals surface area contributed by atoms with Crippen molar-refractivity contribution in [3.05, 3.63) is 64.9 Å². The molecule has 4 heteroatoms. The van der Waals surface area contributed by atoms with Crippen molar-refractivity contribution in [2.45, 2.75) is 19.4 Å². The van der Waals surface area contributed by atoms with E-state index in [1.54, 1.807) is 12.1 Å². The minimum atomic E-state index is -0.198. The fourth-order valence-electron chi connectivity index (χ4n) is 2.36. The lowest BCUT2D eigenvalue weighted by Crippen LogP contribution is -2.27. The van der Waals surface area contributed by atoms with Gasteiger partial charge in [-0.15, -0.1) is 0 Å². The minimum absolute atomic E-state index is 0.107. The van der Waals surface area contributed by atoms with Gasteiger partial charge in [0, 0.05) is 24.2 Å². The molecule has 112 valence electrons. The number of nitrogens with two attached hydrogens (primary N) is 1. The smallest absolute Gasteiger partial charge is 0.146 e. The van der Waals surface area contributed by atoms with Crippen LogP contribution in [-0.2, 0) is 0 Å². The number of hydrogen-bond acceptors (Lipinski definition) is 2. The van der Waals surface area contributed by atoms with Crippen LogP contribution in [0.1, 0.15) is 24.9 Å². The third kappa shape index (κ3) is 4.19. The van der Waals surface area contributed by atoms with E-state index in [4.69, 9.17) is 17.3 Å². The van der Waals surface area contributed by atoms with E-state index in [1.165, 1.54) is 6.07 Å². The molecule has 21 heavy (non-hydrogen) atoms. The van der Waals surface area contributed by atoms with Crippen molar-refractivity contribution in [2.75, 3.05) is 18.0 Å². The summed E-state index contributed by atoms with van der Waals surface area (Å²) in [4.78, 5) is 2.00. The second-order valence-corrected chi connectivity index (χ2v) is 5.42. The summed E-state index contributed by atoms with van der Waals surface area (Å²) in [5, 5.41) is 0.685. The van der Waals surface area contributed by atoms with Gasteiger partial charge < -0.3 is 10.6 Å². The van der Waals surface area contributed by atoms with Crippen molar-refractivity contribution in [3.8, 4) is 0 Å². The van der Waals surface area contributed by atoms with Crippen molar-refractivity contribution in [1.29, 1.82) is 0 Å². The fraction of sp³-hybridized carbons (Fsp3) is 0.294. The van der Waals surface area contributed by atoms with Gasteiger partial charge >= 0.3 is 0 Å². The first-order valence-corrected chi connectivity index (χ1v) is 7.50. The highest BCUT2D eigenvalue weighted by Gasteiger charge is 2.12. The van der Waals surface area contributed by atoms with Crippen LogP contribution in [0, 0.1) is 5.82 Å². The number of benzene rings is 2. The van der Waals surface area contributed by atoms with Crippen LogP contribution < -0.4 is 10.6 Å². The van der Waals surface area contributed by atoms with E-state index in [0.717, 1.165) is 18.5 Å². The number of halogens is 2. The Morgan fingerprint density at radius 2 is 1.95 bits per heavy atom. The molecule has 0 aliphatic heterocycles. The summed E-state index contributed by atoms with van der Waals surface area (Å²) in [6.07, 6.45) is 0.739. The van der Waals surface area contributed by atoms with Crippen molar-refractivity contribution < 1.29 is 4.39 Å². The number of anilines is 1. The molecule has 0 aromatic heterocycles. The fourth-order valence-corrected chi connectivity index (χ4v) is 2.55. The molecule has 2 aromatic rings. The van der Waals surface area contributed by atoms with E-state index in [9.17, 15) is 4.39 Å². The highest BCUT2D eigenvalue weighted by molar-refractivity contribution is 6.30. The molecular weight excluding hydrogens is 287 g/mol. The van der Waals surface area contributed by atoms with Crippen LogP contribution in [-0.4, -0.2) is 13.1 Å². The van der Waals surface area contributed by atoms with E-state index in [0.29, 0.717) is 17.3 Å². The highest BCUT2D eigenvalue weighted by Crippen LogP contribution is 2.22. The predicted molar refractivity (Wildman–Crippen MR) is 87.3 cm³/mol. The summed E-state index contributed by atoms with van der Waals surface area (Å²) in [7, 11) is 0. The molecule has 0 saturated heterocycles. The van der Waals surface area contributed by atoms with Gasteiger partial charge in [-0.1, -0.05) is 35.9 Å². The van der Waals surface area contributed by atoms with E-state index in [-0.39, 0.29) is 11.9 Å². The highest BCUT2D eigenvalue weighted by atomic mass is 35.5. The molecule has 2 rings (SSSR count). The van der Waals surface area contributed by atoms with E-state index in [2.05, 4.69) is 0 Å². The van der Waals surface area contributed by atoms with Crippen molar-refractivity contribution in [3.63, 3.8) is 0 Å². The zero-order valence-corrected chi connectivity index (χ0v) is 12.9. The average Bonchev–Trinajstić information content (AvgIpc) is 2.49. The molecule has 0 heterocycles. The molecule has 0 aliphatic rings. The van der Waals surface area contributed by atoms with E-state index >= 15 is 0 Å². The Hall–Kier alpha value is -1.58. The summed E-state index contributed by atoms with van der Waals surface area (Å²) in [5.41, 5.74) is 7.83. The zero-order valence-electron chi connectivity index (χ0n) is 12.1. The summed E-state index contributed by atoms with van der Waals surface area (Å²) in [6.45, 7) is 3.45. The Morgan fingerprint density at radius 1 is 1.19 bits per heavy atom. The monoisotopic (exact) mass is 306 g/mol. The molecule has 0 bridgehead atoms. The molecule has 0 saturated carbocycles. The normalized spacial score (nSPS) is 12.2. The maximum atomic E-state index is 13.8. The molecule has 0 fully saturated rings. The lowest BCUT2D eigenvalue weighted by atomic mass is 10.0. The maximum Gasteiger partial charge on any atom is 0.146 e. The van der Waals surface area contributed by atoms with Crippen LogP contribution in [0.5, 0.6) is 0 Å². The molecule has 1 atom stereocenters. The lowest BCUT2D eigenvalue weighted by Gasteiger charge is -2.25. The Kier molecular flexibility index (Phi) is 5.59. The number of para-hydroxylation sites is 1. The van der Waals surface area contributed by atoms with Gasteiger partial charge in [-0.2, -0.15) is 0 Å². The molecule has 2 N–H and O–H groups in total. The maximum absolute atomic E-state index is 13.8. The largest absolute Gasteiger partial charge is 0.369 e. The lowest BCUT2D eigenvalue weighted by molar-refractivity contribution is 0.598. The van der Waals surface area contributed by atoms with Gasteiger partial charge in [-0.3, -0.25) is 0 Å². The molecular formula is C17H20ClFN2. The summed E-state index contributed by atoms with van der Waals surface area (Å²) in [5.74, 6) is -0.198. The first-order valence-electron chi connectivity index (χ1n) is 7.12. The van der Waals surface area contributed by atoms with Crippen LogP contribution in [0.25, 0.3) is 0 Å². The number of rotatable bonds is 6. The predicted octanol–water partition coefficient (Wildman–Crippen LogP) is 4.40. The quantitative estimate of drug-likeness (QED) is 0.857. The van der Waals surface area contributed by atoms with Crippen LogP contribution in [0.3, 0.4) is 0 Å². The SMILES string of the molecule is CCN(CCC(N)c1cccc(Cl)c1)c1ccccc1F. The van der Waals surface area contributed by atoms with Gasteiger partial charge in [0.05, 0.1) is 5.69 Å². The summed E-state index contributed by atoms with van der Waals surface area (Å²) < 4.78 is 13.8. The molecule has 0 radical (unpaired) electrons. The van der Waals surface area contributed by atoms with Gasteiger partial charge in [0.15, 0.2) is 0 Å². The van der Waals surface area contributed by atoms with Gasteiger partial charge in [-0.25, -0.2) is 4.39 Å². The molecule has 0 aliphatic carbocycles.